The molecule has 1 heterocycles. The van der Waals surface area contributed by atoms with Crippen LogP contribution in [0.25, 0.3) is 0 Å². The lowest BCUT2D eigenvalue weighted by Crippen LogP contribution is -2.73. The highest BCUT2D eigenvalue weighted by atomic mass is 32.1. The van der Waals surface area contributed by atoms with Crippen molar-refractivity contribution in [1.82, 2.24) is 10.6 Å². The molecule has 0 bridgehead atoms. The third-order valence-corrected chi connectivity index (χ3v) is 3.80. The van der Waals surface area contributed by atoms with Gasteiger partial charge < -0.3 is 25.6 Å². The maximum atomic E-state index is 13.5. The SMILES string of the molecule is CCOC(=O)[C@@H]1[C@H](c2cccc(O)c2)NC(=S)N[C@]1(O)C(F)(F)F. The Hall–Kier alpha value is -2.07. The Kier molecular flexibility index (Phi) is 4.90. The number of esters is 1. The van der Waals surface area contributed by atoms with Crippen LogP contribution >= 0.6 is 12.2 Å². The minimum absolute atomic E-state index is 0.138. The van der Waals surface area contributed by atoms with Crippen molar-refractivity contribution in [2.45, 2.75) is 24.9 Å². The number of phenolic OH excluding ortho intramolecular Hbond substituents is 1. The van der Waals surface area contributed by atoms with Gasteiger partial charge in [-0.3, -0.25) is 4.79 Å². The van der Waals surface area contributed by atoms with Crippen molar-refractivity contribution in [3.05, 3.63) is 29.8 Å². The Labute approximate surface area is 140 Å². The van der Waals surface area contributed by atoms with Crippen molar-refractivity contribution in [3.63, 3.8) is 0 Å². The normalized spacial score (nSPS) is 27.1. The van der Waals surface area contributed by atoms with Crippen molar-refractivity contribution in [1.29, 1.82) is 0 Å². The van der Waals surface area contributed by atoms with Gasteiger partial charge in [-0.1, -0.05) is 12.1 Å². The average molecular weight is 364 g/mol. The second-order valence-electron chi connectivity index (χ2n) is 5.16. The first-order chi connectivity index (χ1) is 11.1. The number of aromatic hydroxyl groups is 1. The standard InChI is InChI=1S/C14H15F3N2O4S/c1-2-23-11(21)9-10(7-4-3-5-8(20)6-7)18-12(24)19-13(9,22)14(15,16)17/h3-6,9-10,20,22H,2H2,1H3,(H2,18,19,24)/t9-,10-,13+/m0/s1. The number of alkyl halides is 3. The molecule has 0 amide bonds. The van der Waals surface area contributed by atoms with E-state index in [0.717, 1.165) is 0 Å². The highest BCUT2D eigenvalue weighted by molar-refractivity contribution is 7.80. The van der Waals surface area contributed by atoms with Gasteiger partial charge in [0.15, 0.2) is 5.11 Å². The van der Waals surface area contributed by atoms with Crippen LogP contribution in [0.5, 0.6) is 5.75 Å². The van der Waals surface area contributed by atoms with E-state index in [4.69, 9.17) is 17.0 Å². The predicted molar refractivity (Wildman–Crippen MR) is 80.8 cm³/mol. The van der Waals surface area contributed by atoms with E-state index >= 15 is 0 Å². The molecule has 1 saturated heterocycles. The summed E-state index contributed by atoms with van der Waals surface area (Å²) in [6.07, 6.45) is -5.20. The molecule has 0 aromatic heterocycles. The highest BCUT2D eigenvalue weighted by Crippen LogP contribution is 2.43. The minimum atomic E-state index is -5.20. The molecular weight excluding hydrogens is 349 g/mol. The first-order valence-corrected chi connectivity index (χ1v) is 7.34. The number of rotatable bonds is 3. The first kappa shape index (κ1) is 18.3. The molecule has 0 spiro atoms. The van der Waals surface area contributed by atoms with Crippen LogP contribution in [0.2, 0.25) is 0 Å². The number of phenols is 1. The van der Waals surface area contributed by atoms with E-state index in [-0.39, 0.29) is 17.9 Å². The zero-order chi connectivity index (χ0) is 18.1. The van der Waals surface area contributed by atoms with Crippen LogP contribution in [0.15, 0.2) is 24.3 Å². The van der Waals surface area contributed by atoms with E-state index in [0.29, 0.717) is 0 Å². The molecule has 1 aliphatic heterocycles. The van der Waals surface area contributed by atoms with Gasteiger partial charge in [-0.05, 0) is 36.8 Å². The van der Waals surface area contributed by atoms with Crippen LogP contribution in [0.1, 0.15) is 18.5 Å². The van der Waals surface area contributed by atoms with Crippen LogP contribution in [0.3, 0.4) is 0 Å². The predicted octanol–water partition coefficient (Wildman–Crippen LogP) is 1.34. The van der Waals surface area contributed by atoms with Gasteiger partial charge in [-0.2, -0.15) is 13.2 Å². The molecule has 0 radical (unpaired) electrons. The number of benzene rings is 1. The van der Waals surface area contributed by atoms with E-state index in [2.05, 4.69) is 5.32 Å². The summed E-state index contributed by atoms with van der Waals surface area (Å²) in [4.78, 5) is 12.2. The summed E-state index contributed by atoms with van der Waals surface area (Å²) in [6, 6.07) is 3.93. The van der Waals surface area contributed by atoms with Crippen LogP contribution in [-0.4, -0.2) is 39.8 Å². The third-order valence-electron chi connectivity index (χ3n) is 3.58. The lowest BCUT2D eigenvalue weighted by atomic mass is 9.82. The van der Waals surface area contributed by atoms with Gasteiger partial charge >= 0.3 is 12.1 Å². The zero-order valence-corrected chi connectivity index (χ0v) is 13.2. The molecule has 10 heteroatoms. The maximum absolute atomic E-state index is 13.5. The van der Waals surface area contributed by atoms with Crippen LogP contribution in [-0.2, 0) is 9.53 Å². The summed E-state index contributed by atoms with van der Waals surface area (Å²) in [6.45, 7) is 1.27. The number of nitrogens with one attached hydrogen (secondary N) is 2. The van der Waals surface area contributed by atoms with Crippen molar-refractivity contribution in [3.8, 4) is 5.75 Å². The number of thiocarbonyl (C=S) groups is 1. The molecule has 1 aliphatic rings. The van der Waals surface area contributed by atoms with Crippen LogP contribution in [0, 0.1) is 5.92 Å². The first-order valence-electron chi connectivity index (χ1n) is 6.93. The summed E-state index contributed by atoms with van der Waals surface area (Å²) in [5.41, 5.74) is -3.47. The summed E-state index contributed by atoms with van der Waals surface area (Å²) >= 11 is 4.74. The van der Waals surface area contributed by atoms with Gasteiger partial charge in [-0.25, -0.2) is 0 Å². The molecule has 1 aromatic carbocycles. The lowest BCUT2D eigenvalue weighted by Gasteiger charge is -2.45. The summed E-state index contributed by atoms with van der Waals surface area (Å²) in [5.74, 6) is -3.55. The molecule has 24 heavy (non-hydrogen) atoms. The molecule has 0 saturated carbocycles. The summed E-state index contributed by atoms with van der Waals surface area (Å²) in [7, 11) is 0. The number of hydrogen-bond acceptors (Lipinski definition) is 5. The molecule has 0 aliphatic carbocycles. The molecule has 1 fully saturated rings. The van der Waals surface area contributed by atoms with E-state index in [9.17, 15) is 28.2 Å². The number of ether oxygens (including phenoxy) is 1. The van der Waals surface area contributed by atoms with Crippen LogP contribution in [0.4, 0.5) is 13.2 Å². The van der Waals surface area contributed by atoms with Gasteiger partial charge in [0.2, 0.25) is 0 Å². The van der Waals surface area contributed by atoms with Crippen molar-refractivity contribution < 1.29 is 32.9 Å². The van der Waals surface area contributed by atoms with E-state index in [1.807, 2.05) is 0 Å². The minimum Gasteiger partial charge on any atom is -0.508 e. The Morgan fingerprint density at radius 3 is 2.67 bits per heavy atom. The van der Waals surface area contributed by atoms with Crippen molar-refractivity contribution >= 4 is 23.3 Å². The Morgan fingerprint density at radius 2 is 2.12 bits per heavy atom. The second kappa shape index (κ2) is 6.44. The molecule has 1 aromatic rings. The van der Waals surface area contributed by atoms with E-state index in [1.54, 1.807) is 5.32 Å². The number of halogens is 3. The fraction of sp³-hybridized carbons (Fsp3) is 0.429. The van der Waals surface area contributed by atoms with E-state index < -0.39 is 34.9 Å². The number of hydrogen-bond donors (Lipinski definition) is 4. The smallest absolute Gasteiger partial charge is 0.437 e. The molecule has 6 nitrogen and oxygen atoms in total. The molecule has 3 atom stereocenters. The Morgan fingerprint density at radius 1 is 1.46 bits per heavy atom. The topological polar surface area (TPSA) is 90.8 Å². The van der Waals surface area contributed by atoms with Gasteiger partial charge in [0.25, 0.3) is 5.72 Å². The highest BCUT2D eigenvalue weighted by Gasteiger charge is 2.66. The fourth-order valence-corrected chi connectivity index (χ4v) is 2.82. The van der Waals surface area contributed by atoms with E-state index in [1.165, 1.54) is 31.2 Å². The molecular formula is C14H15F3N2O4S. The Balaban J connectivity index is 2.57. The number of carbonyl (C=O) groups excluding carboxylic acids is 1. The van der Waals surface area contributed by atoms with Crippen molar-refractivity contribution in [2.24, 2.45) is 5.92 Å². The third kappa shape index (κ3) is 3.24. The summed E-state index contributed by atoms with van der Waals surface area (Å²) < 4.78 is 45.1. The van der Waals surface area contributed by atoms with Gasteiger partial charge in [0.1, 0.15) is 11.7 Å². The monoisotopic (exact) mass is 364 g/mol. The largest absolute Gasteiger partial charge is 0.508 e. The molecule has 2 rings (SSSR count). The van der Waals surface area contributed by atoms with Gasteiger partial charge in [0.05, 0.1) is 12.6 Å². The quantitative estimate of drug-likeness (QED) is 0.475. The second-order valence-corrected chi connectivity index (χ2v) is 5.57. The zero-order valence-electron chi connectivity index (χ0n) is 12.4. The number of carbonyl (C=O) groups is 1. The molecule has 4 N–H and O–H groups in total. The summed E-state index contributed by atoms with van der Waals surface area (Å²) in [5, 5.41) is 23.5. The van der Waals surface area contributed by atoms with Crippen LogP contribution < -0.4 is 10.6 Å². The average Bonchev–Trinajstić information content (AvgIpc) is 2.45. The molecule has 0 unspecified atom stereocenters. The Bertz CT molecular complexity index is 655. The lowest BCUT2D eigenvalue weighted by molar-refractivity contribution is -0.292. The van der Waals surface area contributed by atoms with Gasteiger partial charge in [0, 0.05) is 0 Å². The fourth-order valence-electron chi connectivity index (χ4n) is 2.53. The van der Waals surface area contributed by atoms with Gasteiger partial charge in [-0.15, -0.1) is 0 Å². The maximum Gasteiger partial charge on any atom is 0.437 e. The molecule has 132 valence electrons. The van der Waals surface area contributed by atoms with Crippen molar-refractivity contribution in [2.75, 3.05) is 6.61 Å². The number of aliphatic hydroxyl groups is 1.